The van der Waals surface area contributed by atoms with Gasteiger partial charge in [0, 0.05) is 5.56 Å². The Labute approximate surface area is 107 Å². The van der Waals surface area contributed by atoms with Crippen LogP contribution in [0.1, 0.15) is 16.1 Å². The van der Waals surface area contributed by atoms with Crippen LogP contribution in [0.5, 0.6) is 0 Å². The molecule has 0 aliphatic heterocycles. The molecule has 2 aromatic rings. The number of nitrogens with two attached hydrogens (primary N) is 1. The predicted molar refractivity (Wildman–Crippen MR) is 68.0 cm³/mol. The van der Waals surface area contributed by atoms with Gasteiger partial charge in [0.15, 0.2) is 5.69 Å². The zero-order valence-corrected chi connectivity index (χ0v) is 10.7. The Hall–Kier alpha value is -1.95. The first-order chi connectivity index (χ1) is 8.52. The fraction of sp³-hybridized carbons (Fsp3) is 0.167. The fourth-order valence-electron chi connectivity index (χ4n) is 1.51. The number of hydrogen-bond acceptors (Lipinski definition) is 5. The van der Waals surface area contributed by atoms with Gasteiger partial charge in [-0.2, -0.15) is 0 Å². The number of methoxy groups -OCH3 is 1. The van der Waals surface area contributed by atoms with E-state index in [2.05, 4.69) is 9.72 Å². The van der Waals surface area contributed by atoms with Gasteiger partial charge in [-0.05, 0) is 24.6 Å². The first kappa shape index (κ1) is 12.5. The van der Waals surface area contributed by atoms with E-state index in [4.69, 9.17) is 5.73 Å². The lowest BCUT2D eigenvalue weighted by molar-refractivity contribution is 0.0596. The van der Waals surface area contributed by atoms with E-state index >= 15 is 0 Å². The molecule has 0 bridgehead atoms. The number of hydrogen-bond donors (Lipinski definition) is 1. The number of nitrogen functional groups attached to an aromatic ring is 1. The molecule has 0 saturated carbocycles. The molecule has 0 spiro atoms. The molecule has 0 aliphatic rings. The van der Waals surface area contributed by atoms with Gasteiger partial charge in [0.25, 0.3) is 0 Å². The monoisotopic (exact) mass is 266 g/mol. The van der Waals surface area contributed by atoms with Crippen molar-refractivity contribution in [3.63, 3.8) is 0 Å². The number of rotatable bonds is 2. The molecule has 0 saturated heterocycles. The highest BCUT2D eigenvalue weighted by atomic mass is 32.1. The molecule has 1 aromatic carbocycles. The van der Waals surface area contributed by atoms with E-state index in [9.17, 15) is 9.18 Å². The molecule has 1 heterocycles. The number of esters is 1. The summed E-state index contributed by atoms with van der Waals surface area (Å²) in [6, 6.07) is 4.39. The first-order valence-corrected chi connectivity index (χ1v) is 5.95. The van der Waals surface area contributed by atoms with Crippen LogP contribution in [0, 0.1) is 12.7 Å². The second kappa shape index (κ2) is 4.73. The molecule has 0 aliphatic carbocycles. The van der Waals surface area contributed by atoms with Gasteiger partial charge in [0.2, 0.25) is 0 Å². The van der Waals surface area contributed by atoms with Gasteiger partial charge in [-0.3, -0.25) is 0 Å². The van der Waals surface area contributed by atoms with E-state index in [0.717, 1.165) is 16.9 Å². The molecule has 1 aromatic heterocycles. The van der Waals surface area contributed by atoms with Gasteiger partial charge in [0.05, 0.1) is 7.11 Å². The molecule has 0 radical (unpaired) electrons. The largest absolute Gasteiger partial charge is 0.464 e. The van der Waals surface area contributed by atoms with E-state index < -0.39 is 5.97 Å². The molecule has 2 N–H and O–H groups in total. The highest BCUT2D eigenvalue weighted by Gasteiger charge is 2.18. The molecule has 6 heteroatoms. The Kier molecular flexibility index (Phi) is 3.29. The first-order valence-electron chi connectivity index (χ1n) is 5.14. The van der Waals surface area contributed by atoms with Gasteiger partial charge in [-0.1, -0.05) is 17.4 Å². The zero-order chi connectivity index (χ0) is 13.3. The maximum atomic E-state index is 13.2. The van der Waals surface area contributed by atoms with Crippen LogP contribution in [0.15, 0.2) is 18.2 Å². The van der Waals surface area contributed by atoms with Gasteiger partial charge in [-0.25, -0.2) is 14.2 Å². The topological polar surface area (TPSA) is 65.2 Å². The van der Waals surface area contributed by atoms with Gasteiger partial charge in [-0.15, -0.1) is 0 Å². The summed E-state index contributed by atoms with van der Waals surface area (Å²) < 4.78 is 17.8. The predicted octanol–water partition coefficient (Wildman–Crippen LogP) is 2.63. The second-order valence-electron chi connectivity index (χ2n) is 3.68. The molecule has 94 valence electrons. The lowest BCUT2D eigenvalue weighted by Crippen LogP contribution is -2.04. The molecule has 4 nitrogen and oxygen atoms in total. The summed E-state index contributed by atoms with van der Waals surface area (Å²) in [7, 11) is 1.26. The third kappa shape index (κ3) is 2.19. The zero-order valence-electron chi connectivity index (χ0n) is 9.86. The average Bonchev–Trinajstić information content (AvgIpc) is 2.73. The highest BCUT2D eigenvalue weighted by molar-refractivity contribution is 7.19. The number of halogens is 1. The Balaban J connectivity index is 2.52. The summed E-state index contributed by atoms with van der Waals surface area (Å²) in [6.45, 7) is 1.84. The van der Waals surface area contributed by atoms with E-state index in [-0.39, 0.29) is 16.5 Å². The molecule has 0 fully saturated rings. The third-order valence-corrected chi connectivity index (χ3v) is 3.38. The molecule has 18 heavy (non-hydrogen) atoms. The number of thiazole rings is 1. The Morgan fingerprint density at radius 3 is 2.89 bits per heavy atom. The van der Waals surface area contributed by atoms with Crippen molar-refractivity contribution in [1.82, 2.24) is 4.98 Å². The van der Waals surface area contributed by atoms with Crippen LogP contribution in [0.3, 0.4) is 0 Å². The van der Waals surface area contributed by atoms with Gasteiger partial charge in [0.1, 0.15) is 15.8 Å². The molecule has 2 rings (SSSR count). The third-order valence-electron chi connectivity index (χ3n) is 2.46. The molecule has 0 atom stereocenters. The fourth-order valence-corrected chi connectivity index (χ4v) is 2.42. The summed E-state index contributed by atoms with van der Waals surface area (Å²) >= 11 is 1.13. The van der Waals surface area contributed by atoms with Crippen molar-refractivity contribution in [3.8, 4) is 10.6 Å². The van der Waals surface area contributed by atoms with Crippen LogP contribution in [0.2, 0.25) is 0 Å². The lowest BCUT2D eigenvalue weighted by atomic mass is 10.1. The summed E-state index contributed by atoms with van der Waals surface area (Å²) in [4.78, 5) is 15.5. The van der Waals surface area contributed by atoms with E-state index in [1.54, 1.807) is 6.07 Å². The van der Waals surface area contributed by atoms with Crippen molar-refractivity contribution in [2.45, 2.75) is 6.92 Å². The lowest BCUT2D eigenvalue weighted by Gasteiger charge is -2.01. The minimum Gasteiger partial charge on any atom is -0.464 e. The SMILES string of the molecule is COC(=O)c1nc(-c2cc(F)ccc2C)sc1N. The number of carbonyl (C=O) groups excluding carboxylic acids is 1. The minimum atomic E-state index is -0.593. The molecule has 0 unspecified atom stereocenters. The maximum absolute atomic E-state index is 13.2. The average molecular weight is 266 g/mol. The van der Waals surface area contributed by atoms with Crippen LogP contribution >= 0.6 is 11.3 Å². The summed E-state index contributed by atoms with van der Waals surface area (Å²) in [5.74, 6) is -0.951. The molecular weight excluding hydrogens is 255 g/mol. The summed E-state index contributed by atoms with van der Waals surface area (Å²) in [5.41, 5.74) is 7.26. The van der Waals surface area contributed by atoms with Crippen molar-refractivity contribution in [1.29, 1.82) is 0 Å². The summed E-state index contributed by atoms with van der Waals surface area (Å²) in [6.07, 6.45) is 0. The summed E-state index contributed by atoms with van der Waals surface area (Å²) in [5, 5.41) is 0.769. The van der Waals surface area contributed by atoms with Crippen LogP contribution in [-0.4, -0.2) is 18.1 Å². The Bertz CT molecular complexity index is 610. The van der Waals surface area contributed by atoms with Gasteiger partial charge < -0.3 is 10.5 Å². The van der Waals surface area contributed by atoms with Crippen LogP contribution in [-0.2, 0) is 4.74 Å². The number of anilines is 1. The highest BCUT2D eigenvalue weighted by Crippen LogP contribution is 2.32. The number of aromatic nitrogens is 1. The van der Waals surface area contributed by atoms with E-state index in [1.807, 2.05) is 6.92 Å². The van der Waals surface area contributed by atoms with E-state index in [1.165, 1.54) is 19.2 Å². The molecule has 0 amide bonds. The van der Waals surface area contributed by atoms with E-state index in [0.29, 0.717) is 10.6 Å². The van der Waals surface area contributed by atoms with Crippen LogP contribution in [0.25, 0.3) is 10.6 Å². The van der Waals surface area contributed by atoms with Crippen molar-refractivity contribution < 1.29 is 13.9 Å². The molecular formula is C12H11FN2O2S. The van der Waals surface area contributed by atoms with Gasteiger partial charge >= 0.3 is 5.97 Å². The van der Waals surface area contributed by atoms with Crippen LogP contribution < -0.4 is 5.73 Å². The van der Waals surface area contributed by atoms with Crippen molar-refractivity contribution in [3.05, 3.63) is 35.3 Å². The van der Waals surface area contributed by atoms with Crippen molar-refractivity contribution >= 4 is 22.3 Å². The van der Waals surface area contributed by atoms with Crippen molar-refractivity contribution in [2.24, 2.45) is 0 Å². The Morgan fingerprint density at radius 2 is 2.22 bits per heavy atom. The Morgan fingerprint density at radius 1 is 1.50 bits per heavy atom. The second-order valence-corrected chi connectivity index (χ2v) is 4.71. The quantitative estimate of drug-likeness (QED) is 0.849. The standard InChI is InChI=1S/C12H11FN2O2S/c1-6-3-4-7(13)5-8(6)11-15-9(10(14)18-11)12(16)17-2/h3-5H,14H2,1-2H3. The van der Waals surface area contributed by atoms with Crippen LogP contribution in [0.4, 0.5) is 9.39 Å². The number of nitrogens with zero attached hydrogens (tertiary/aromatic N) is 1. The maximum Gasteiger partial charge on any atom is 0.359 e. The van der Waals surface area contributed by atoms with Crippen molar-refractivity contribution in [2.75, 3.05) is 12.8 Å². The number of benzene rings is 1. The minimum absolute atomic E-state index is 0.0705. The number of carbonyl (C=O) groups is 1. The number of ether oxygens (including phenoxy) is 1. The smallest absolute Gasteiger partial charge is 0.359 e. The normalized spacial score (nSPS) is 10.4. The number of aryl methyl sites for hydroxylation is 1.